The van der Waals surface area contributed by atoms with Crippen molar-refractivity contribution in [1.29, 1.82) is 0 Å². The molecule has 0 saturated heterocycles. The summed E-state index contributed by atoms with van der Waals surface area (Å²) in [5.74, 6) is 1.75. The van der Waals surface area contributed by atoms with Gasteiger partial charge in [-0.1, -0.05) is 12.8 Å². The molecule has 0 heterocycles. The Morgan fingerprint density at radius 2 is 1.71 bits per heavy atom. The van der Waals surface area contributed by atoms with Crippen molar-refractivity contribution >= 4 is 0 Å². The van der Waals surface area contributed by atoms with Crippen molar-refractivity contribution in [2.75, 3.05) is 34.5 Å². The summed E-state index contributed by atoms with van der Waals surface area (Å²) >= 11 is 0. The molecule has 0 radical (unpaired) electrons. The van der Waals surface area contributed by atoms with Gasteiger partial charge in [-0.3, -0.25) is 0 Å². The summed E-state index contributed by atoms with van der Waals surface area (Å²) in [6.07, 6.45) is 4.47. The van der Waals surface area contributed by atoms with Crippen molar-refractivity contribution in [1.82, 2.24) is 5.32 Å². The molecular weight excluding hydrogens is 310 g/mol. The van der Waals surface area contributed by atoms with Crippen LogP contribution in [0.2, 0.25) is 0 Å². The van der Waals surface area contributed by atoms with Crippen molar-refractivity contribution in [3.8, 4) is 17.2 Å². The average Bonchev–Trinajstić information content (AvgIpc) is 3.12. The van der Waals surface area contributed by atoms with Crippen molar-refractivity contribution < 1.29 is 24.1 Å². The molecule has 6 heteroatoms. The van der Waals surface area contributed by atoms with E-state index < -0.39 is 6.10 Å². The Balaban J connectivity index is 1.80. The van der Waals surface area contributed by atoms with Gasteiger partial charge in [-0.2, -0.15) is 0 Å². The van der Waals surface area contributed by atoms with E-state index in [-0.39, 0.29) is 6.61 Å². The molecule has 2 N–H and O–H groups in total. The highest BCUT2D eigenvalue weighted by Gasteiger charge is 2.16. The number of nitrogens with one attached hydrogen (secondary N) is 1. The lowest BCUT2D eigenvalue weighted by atomic mass is 10.2. The molecule has 0 amide bonds. The van der Waals surface area contributed by atoms with Gasteiger partial charge in [0.2, 0.25) is 5.75 Å². The first-order valence-electron chi connectivity index (χ1n) is 8.46. The number of aliphatic hydroxyl groups is 1. The number of benzene rings is 1. The summed E-state index contributed by atoms with van der Waals surface area (Å²) in [6.45, 7) is 1.23. The quantitative estimate of drug-likeness (QED) is 0.680. The van der Waals surface area contributed by atoms with Crippen molar-refractivity contribution in [3.63, 3.8) is 0 Å². The lowest BCUT2D eigenvalue weighted by Gasteiger charge is -2.17. The highest BCUT2D eigenvalue weighted by Crippen LogP contribution is 2.38. The van der Waals surface area contributed by atoms with Crippen LogP contribution in [-0.4, -0.2) is 51.7 Å². The largest absolute Gasteiger partial charge is 0.493 e. The number of hydrogen-bond donors (Lipinski definition) is 2. The molecule has 1 aromatic carbocycles. The number of aliphatic hydroxyl groups excluding tert-OH is 1. The lowest BCUT2D eigenvalue weighted by Crippen LogP contribution is -2.36. The molecule has 1 unspecified atom stereocenters. The Labute approximate surface area is 144 Å². The molecule has 2 rings (SSSR count). The zero-order chi connectivity index (χ0) is 17.4. The van der Waals surface area contributed by atoms with E-state index in [0.29, 0.717) is 36.4 Å². The highest BCUT2D eigenvalue weighted by atomic mass is 16.5. The van der Waals surface area contributed by atoms with Gasteiger partial charge in [-0.15, -0.1) is 0 Å². The molecule has 0 aliphatic heterocycles. The summed E-state index contributed by atoms with van der Waals surface area (Å²) in [6, 6.07) is 4.25. The SMILES string of the molecule is COc1cc(COCC(O)CNC2CCCC2)cc(OC)c1OC. The molecule has 0 bridgehead atoms. The van der Waals surface area contributed by atoms with Crippen LogP contribution < -0.4 is 19.5 Å². The van der Waals surface area contributed by atoms with Crippen LogP contribution in [0.15, 0.2) is 12.1 Å². The highest BCUT2D eigenvalue weighted by molar-refractivity contribution is 5.53. The molecule has 1 atom stereocenters. The van der Waals surface area contributed by atoms with Gasteiger partial charge in [-0.05, 0) is 30.5 Å². The van der Waals surface area contributed by atoms with Crippen LogP contribution in [0.25, 0.3) is 0 Å². The Morgan fingerprint density at radius 1 is 1.08 bits per heavy atom. The summed E-state index contributed by atoms with van der Waals surface area (Å²) in [5, 5.41) is 13.4. The van der Waals surface area contributed by atoms with E-state index in [2.05, 4.69) is 5.32 Å². The second-order valence-corrected chi connectivity index (χ2v) is 6.09. The molecule has 6 nitrogen and oxygen atoms in total. The fourth-order valence-electron chi connectivity index (χ4n) is 3.02. The van der Waals surface area contributed by atoms with E-state index in [1.54, 1.807) is 21.3 Å². The molecule has 1 aromatic rings. The monoisotopic (exact) mass is 339 g/mol. The number of hydrogen-bond acceptors (Lipinski definition) is 6. The fraction of sp³-hybridized carbons (Fsp3) is 0.667. The fourth-order valence-corrected chi connectivity index (χ4v) is 3.02. The number of ether oxygens (including phenoxy) is 4. The maximum absolute atomic E-state index is 10.0. The van der Waals surface area contributed by atoms with Crippen LogP contribution in [0.5, 0.6) is 17.2 Å². The maximum Gasteiger partial charge on any atom is 0.203 e. The van der Waals surface area contributed by atoms with Gasteiger partial charge in [0.15, 0.2) is 11.5 Å². The third kappa shape index (κ3) is 5.26. The first-order valence-corrected chi connectivity index (χ1v) is 8.46. The van der Waals surface area contributed by atoms with Gasteiger partial charge in [0.05, 0.1) is 40.6 Å². The third-order valence-corrected chi connectivity index (χ3v) is 4.30. The molecule has 0 aromatic heterocycles. The minimum atomic E-state index is -0.507. The van der Waals surface area contributed by atoms with Gasteiger partial charge in [-0.25, -0.2) is 0 Å². The summed E-state index contributed by atoms with van der Waals surface area (Å²) < 4.78 is 21.6. The van der Waals surface area contributed by atoms with E-state index in [1.165, 1.54) is 25.7 Å². The van der Waals surface area contributed by atoms with Crippen LogP contribution in [0.1, 0.15) is 31.2 Å². The Hall–Kier alpha value is -1.50. The molecule has 1 aliphatic carbocycles. The third-order valence-electron chi connectivity index (χ3n) is 4.30. The molecular formula is C18H29NO5. The van der Waals surface area contributed by atoms with Crippen molar-refractivity contribution in [2.45, 2.75) is 44.4 Å². The second kappa shape index (κ2) is 9.71. The van der Waals surface area contributed by atoms with Crippen LogP contribution in [0.4, 0.5) is 0 Å². The van der Waals surface area contributed by atoms with E-state index in [9.17, 15) is 5.11 Å². The lowest BCUT2D eigenvalue weighted by molar-refractivity contribution is 0.0276. The van der Waals surface area contributed by atoms with Crippen molar-refractivity contribution in [2.24, 2.45) is 0 Å². The van der Waals surface area contributed by atoms with Gasteiger partial charge in [0.25, 0.3) is 0 Å². The van der Waals surface area contributed by atoms with Crippen LogP contribution in [-0.2, 0) is 11.3 Å². The normalized spacial score (nSPS) is 16.2. The molecule has 1 saturated carbocycles. The zero-order valence-corrected chi connectivity index (χ0v) is 14.8. The minimum absolute atomic E-state index is 0.288. The Kier molecular flexibility index (Phi) is 7.62. The number of methoxy groups -OCH3 is 3. The average molecular weight is 339 g/mol. The predicted molar refractivity (Wildman–Crippen MR) is 92.0 cm³/mol. The second-order valence-electron chi connectivity index (χ2n) is 6.09. The summed E-state index contributed by atoms with van der Waals surface area (Å²) in [7, 11) is 4.74. The smallest absolute Gasteiger partial charge is 0.203 e. The summed E-state index contributed by atoms with van der Waals surface area (Å²) in [5.41, 5.74) is 0.903. The summed E-state index contributed by atoms with van der Waals surface area (Å²) in [4.78, 5) is 0. The van der Waals surface area contributed by atoms with Crippen molar-refractivity contribution in [3.05, 3.63) is 17.7 Å². The standard InChI is InChI=1S/C18H29NO5/c1-21-16-8-13(9-17(22-2)18(16)23-3)11-24-12-15(20)10-19-14-6-4-5-7-14/h8-9,14-15,19-20H,4-7,10-12H2,1-3H3. The van der Waals surface area contributed by atoms with E-state index in [1.807, 2.05) is 12.1 Å². The topological polar surface area (TPSA) is 69.2 Å². The van der Waals surface area contributed by atoms with Gasteiger partial charge in [0, 0.05) is 12.6 Å². The first kappa shape index (κ1) is 18.8. The molecule has 136 valence electrons. The predicted octanol–water partition coefficient (Wildman–Crippen LogP) is 2.12. The Morgan fingerprint density at radius 3 is 2.25 bits per heavy atom. The number of rotatable bonds is 10. The molecule has 1 fully saturated rings. The molecule has 24 heavy (non-hydrogen) atoms. The maximum atomic E-state index is 10.0. The van der Waals surface area contributed by atoms with Gasteiger partial charge < -0.3 is 29.4 Å². The van der Waals surface area contributed by atoms with E-state index in [0.717, 1.165) is 5.56 Å². The van der Waals surface area contributed by atoms with E-state index in [4.69, 9.17) is 18.9 Å². The van der Waals surface area contributed by atoms with Gasteiger partial charge >= 0.3 is 0 Å². The Bertz CT molecular complexity index is 477. The van der Waals surface area contributed by atoms with Crippen LogP contribution >= 0.6 is 0 Å². The minimum Gasteiger partial charge on any atom is -0.493 e. The van der Waals surface area contributed by atoms with Crippen LogP contribution in [0, 0.1) is 0 Å². The first-order chi connectivity index (χ1) is 11.7. The molecule has 1 aliphatic rings. The van der Waals surface area contributed by atoms with E-state index >= 15 is 0 Å². The molecule has 0 spiro atoms. The van der Waals surface area contributed by atoms with Gasteiger partial charge in [0.1, 0.15) is 0 Å². The zero-order valence-electron chi connectivity index (χ0n) is 14.8. The van der Waals surface area contributed by atoms with Crippen LogP contribution in [0.3, 0.4) is 0 Å².